The Bertz CT molecular complexity index is 1060. The number of alkyl halides is 3. The minimum Gasteiger partial charge on any atom is -0.319 e. The number of amides is 1. The van der Waals surface area contributed by atoms with E-state index in [0.717, 1.165) is 35.1 Å². The van der Waals surface area contributed by atoms with Crippen LogP contribution in [0.5, 0.6) is 0 Å². The Kier molecular flexibility index (Phi) is 4.88. The predicted molar refractivity (Wildman–Crippen MR) is 87.9 cm³/mol. The van der Waals surface area contributed by atoms with E-state index in [1.807, 2.05) is 5.32 Å². The molecule has 1 N–H and O–H groups in total. The fraction of sp³-hybridized carbons (Fsp3) is 0.111. The zero-order valence-electron chi connectivity index (χ0n) is 14.1. The number of anilines is 1. The number of nitrogens with zero attached hydrogens (tertiary/aromatic N) is 2. The molecule has 1 amide bonds. The Morgan fingerprint density at radius 3 is 2.32 bits per heavy atom. The van der Waals surface area contributed by atoms with Crippen molar-refractivity contribution in [2.24, 2.45) is 7.05 Å². The lowest BCUT2D eigenvalue weighted by Crippen LogP contribution is -2.15. The number of aryl methyl sites for hydroxylation is 1. The lowest BCUT2D eigenvalue weighted by molar-refractivity contribution is -0.141. The van der Waals surface area contributed by atoms with Crippen molar-refractivity contribution in [1.29, 1.82) is 0 Å². The molecule has 0 atom stereocenters. The average Bonchev–Trinajstić information content (AvgIpc) is 3.01. The van der Waals surface area contributed by atoms with Gasteiger partial charge in [0.1, 0.15) is 5.82 Å². The van der Waals surface area contributed by atoms with Crippen LogP contribution in [0.4, 0.5) is 32.0 Å². The summed E-state index contributed by atoms with van der Waals surface area (Å²) in [6.07, 6.45) is -3.98. The van der Waals surface area contributed by atoms with Crippen molar-refractivity contribution in [3.8, 4) is 11.1 Å². The maximum Gasteiger partial charge on any atom is 0.435 e. The summed E-state index contributed by atoms with van der Waals surface area (Å²) in [5, 5.41) is 5.24. The van der Waals surface area contributed by atoms with Gasteiger partial charge in [-0.05, 0) is 24.3 Å². The molecule has 3 rings (SSSR count). The molecule has 0 fully saturated rings. The van der Waals surface area contributed by atoms with Gasteiger partial charge in [0.05, 0.1) is 11.3 Å². The van der Waals surface area contributed by atoms with E-state index in [9.17, 15) is 31.1 Å². The first-order chi connectivity index (χ1) is 13.1. The third kappa shape index (κ3) is 3.57. The van der Waals surface area contributed by atoms with Gasteiger partial charge in [-0.25, -0.2) is 13.2 Å². The third-order valence-corrected chi connectivity index (χ3v) is 3.84. The first-order valence-electron chi connectivity index (χ1n) is 7.74. The quantitative estimate of drug-likeness (QED) is 0.645. The minimum atomic E-state index is -4.88. The van der Waals surface area contributed by atoms with E-state index < -0.39 is 57.6 Å². The summed E-state index contributed by atoms with van der Waals surface area (Å²) in [6.45, 7) is 0. The van der Waals surface area contributed by atoms with Crippen molar-refractivity contribution < 1.29 is 31.1 Å². The van der Waals surface area contributed by atoms with Gasteiger partial charge in [0.15, 0.2) is 17.3 Å². The second kappa shape index (κ2) is 7.02. The number of rotatable bonds is 3. The SMILES string of the molecule is Cn1cc(-c2ccc(NC(=O)c3ccccc3F)c(F)c2F)c(C(F)(F)F)n1. The van der Waals surface area contributed by atoms with Gasteiger partial charge in [-0.1, -0.05) is 12.1 Å². The second-order valence-electron chi connectivity index (χ2n) is 5.79. The van der Waals surface area contributed by atoms with Gasteiger partial charge in [-0.3, -0.25) is 9.48 Å². The molecule has 4 nitrogen and oxygen atoms in total. The van der Waals surface area contributed by atoms with E-state index in [-0.39, 0.29) is 0 Å². The number of hydrogen-bond acceptors (Lipinski definition) is 2. The maximum atomic E-state index is 14.5. The van der Waals surface area contributed by atoms with E-state index >= 15 is 0 Å². The van der Waals surface area contributed by atoms with Crippen LogP contribution in [0.3, 0.4) is 0 Å². The molecular formula is C18H11F6N3O. The predicted octanol–water partition coefficient (Wildman–Crippen LogP) is 4.78. The highest BCUT2D eigenvalue weighted by molar-refractivity contribution is 6.04. The second-order valence-corrected chi connectivity index (χ2v) is 5.79. The fourth-order valence-electron chi connectivity index (χ4n) is 2.58. The summed E-state index contributed by atoms with van der Waals surface area (Å²) in [5.41, 5.74) is -3.76. The van der Waals surface area contributed by atoms with E-state index in [0.29, 0.717) is 0 Å². The third-order valence-electron chi connectivity index (χ3n) is 3.84. The molecule has 3 aromatic rings. The van der Waals surface area contributed by atoms with Crippen molar-refractivity contribution in [2.75, 3.05) is 5.32 Å². The highest BCUT2D eigenvalue weighted by Crippen LogP contribution is 2.38. The molecule has 0 saturated heterocycles. The topological polar surface area (TPSA) is 46.9 Å². The number of aromatic nitrogens is 2. The monoisotopic (exact) mass is 399 g/mol. The number of hydrogen-bond donors (Lipinski definition) is 1. The molecule has 0 saturated carbocycles. The van der Waals surface area contributed by atoms with Gasteiger partial charge >= 0.3 is 6.18 Å². The van der Waals surface area contributed by atoms with Crippen LogP contribution < -0.4 is 5.32 Å². The van der Waals surface area contributed by atoms with Crippen LogP contribution in [0.15, 0.2) is 42.6 Å². The van der Waals surface area contributed by atoms with Crippen molar-refractivity contribution >= 4 is 11.6 Å². The molecule has 0 bridgehead atoms. The number of benzene rings is 2. The van der Waals surface area contributed by atoms with Crippen LogP contribution in [0.25, 0.3) is 11.1 Å². The minimum absolute atomic E-state index is 0.405. The normalized spacial score (nSPS) is 11.5. The summed E-state index contributed by atoms with van der Waals surface area (Å²) in [6, 6.07) is 6.63. The van der Waals surface area contributed by atoms with E-state index in [1.54, 1.807) is 0 Å². The van der Waals surface area contributed by atoms with E-state index in [2.05, 4.69) is 5.10 Å². The highest BCUT2D eigenvalue weighted by atomic mass is 19.4. The zero-order valence-corrected chi connectivity index (χ0v) is 14.1. The number of carbonyl (C=O) groups excluding carboxylic acids is 1. The summed E-state index contributed by atoms with van der Waals surface area (Å²) in [5.74, 6) is -5.10. The van der Waals surface area contributed by atoms with Crippen LogP contribution in [-0.2, 0) is 13.2 Å². The number of nitrogens with one attached hydrogen (secondary N) is 1. The smallest absolute Gasteiger partial charge is 0.319 e. The molecular weight excluding hydrogens is 388 g/mol. The first kappa shape index (κ1) is 19.5. The standard InChI is InChI=1S/C18H11F6N3O/c1-27-8-11(16(26-27)18(22,23)24)9-6-7-13(15(21)14(9)20)25-17(28)10-4-2-3-5-12(10)19/h2-8H,1H3,(H,25,28). The lowest BCUT2D eigenvalue weighted by atomic mass is 10.0. The molecule has 0 aliphatic heterocycles. The maximum absolute atomic E-state index is 14.5. The van der Waals surface area contributed by atoms with Crippen LogP contribution in [-0.4, -0.2) is 15.7 Å². The van der Waals surface area contributed by atoms with Crippen LogP contribution in [0.1, 0.15) is 16.1 Å². The Morgan fingerprint density at radius 1 is 1.00 bits per heavy atom. The molecule has 1 aromatic heterocycles. The van der Waals surface area contributed by atoms with Crippen LogP contribution >= 0.6 is 0 Å². The molecule has 146 valence electrons. The Morgan fingerprint density at radius 2 is 1.68 bits per heavy atom. The fourth-order valence-corrected chi connectivity index (χ4v) is 2.58. The van der Waals surface area contributed by atoms with Gasteiger partial charge in [0, 0.05) is 24.4 Å². The lowest BCUT2D eigenvalue weighted by Gasteiger charge is -2.11. The molecule has 1 heterocycles. The molecule has 28 heavy (non-hydrogen) atoms. The van der Waals surface area contributed by atoms with Crippen LogP contribution in [0.2, 0.25) is 0 Å². The molecule has 0 aliphatic carbocycles. The molecule has 0 radical (unpaired) electrons. The van der Waals surface area contributed by atoms with Gasteiger partial charge in [0.25, 0.3) is 5.91 Å². The van der Waals surface area contributed by atoms with Gasteiger partial charge in [0.2, 0.25) is 0 Å². The largest absolute Gasteiger partial charge is 0.435 e. The van der Waals surface area contributed by atoms with Gasteiger partial charge < -0.3 is 5.32 Å². The summed E-state index contributed by atoms with van der Waals surface area (Å²) in [4.78, 5) is 12.0. The van der Waals surface area contributed by atoms with E-state index in [4.69, 9.17) is 0 Å². The first-order valence-corrected chi connectivity index (χ1v) is 7.74. The molecule has 0 aliphatic rings. The molecule has 10 heteroatoms. The Labute approximate surface area is 154 Å². The Balaban J connectivity index is 1.99. The van der Waals surface area contributed by atoms with Crippen LogP contribution in [0, 0.1) is 17.5 Å². The summed E-state index contributed by atoms with van der Waals surface area (Å²) in [7, 11) is 1.20. The van der Waals surface area contributed by atoms with Gasteiger partial charge in [-0.15, -0.1) is 0 Å². The highest BCUT2D eigenvalue weighted by Gasteiger charge is 2.38. The van der Waals surface area contributed by atoms with E-state index in [1.165, 1.54) is 19.2 Å². The molecule has 2 aromatic carbocycles. The van der Waals surface area contributed by atoms with Crippen molar-refractivity contribution in [2.45, 2.75) is 6.18 Å². The van der Waals surface area contributed by atoms with Crippen molar-refractivity contribution in [3.63, 3.8) is 0 Å². The van der Waals surface area contributed by atoms with Gasteiger partial charge in [-0.2, -0.15) is 18.3 Å². The number of halogens is 6. The molecule has 0 spiro atoms. The Hall–Kier alpha value is -3.30. The zero-order chi connectivity index (χ0) is 20.6. The van der Waals surface area contributed by atoms with Crippen molar-refractivity contribution in [3.05, 3.63) is 71.3 Å². The average molecular weight is 399 g/mol. The summed E-state index contributed by atoms with van der Waals surface area (Å²) < 4.78 is 82.5. The number of carbonyl (C=O) groups is 1. The molecule has 0 unspecified atom stereocenters. The summed E-state index contributed by atoms with van der Waals surface area (Å²) >= 11 is 0. The van der Waals surface area contributed by atoms with Crippen molar-refractivity contribution in [1.82, 2.24) is 9.78 Å².